The Hall–Kier alpha value is -0.0800. The molecule has 0 aromatic rings. The van der Waals surface area contributed by atoms with E-state index in [0.29, 0.717) is 17.0 Å². The van der Waals surface area contributed by atoms with Crippen LogP contribution in [0.2, 0.25) is 0 Å². The second-order valence-electron chi connectivity index (χ2n) is 6.40. The molecule has 1 fully saturated rings. The molecule has 1 aliphatic rings. The molecule has 1 aliphatic heterocycles. The fourth-order valence-corrected chi connectivity index (χ4v) is 2.09. The van der Waals surface area contributed by atoms with Crippen LogP contribution in [0, 0.1) is 5.41 Å². The first-order chi connectivity index (χ1) is 6.85. The van der Waals surface area contributed by atoms with Crippen LogP contribution in [-0.4, -0.2) is 24.7 Å². The average molecular weight is 212 g/mol. The van der Waals surface area contributed by atoms with E-state index < -0.39 is 0 Å². The van der Waals surface area contributed by atoms with Crippen molar-refractivity contribution in [3.63, 3.8) is 0 Å². The molecule has 1 saturated heterocycles. The van der Waals surface area contributed by atoms with E-state index in [0.717, 1.165) is 13.1 Å². The third kappa shape index (κ3) is 4.52. The molecule has 90 valence electrons. The summed E-state index contributed by atoms with van der Waals surface area (Å²) in [6.45, 7) is 13.8. The van der Waals surface area contributed by atoms with Crippen LogP contribution in [0.1, 0.15) is 53.9 Å². The zero-order valence-electron chi connectivity index (χ0n) is 11.1. The van der Waals surface area contributed by atoms with E-state index in [2.05, 4.69) is 45.3 Å². The number of piperidine rings is 1. The Morgan fingerprint density at radius 3 is 2.60 bits per heavy atom. The van der Waals surface area contributed by atoms with Crippen LogP contribution < -0.4 is 10.6 Å². The van der Waals surface area contributed by atoms with Crippen LogP contribution in [0.3, 0.4) is 0 Å². The molecule has 0 saturated carbocycles. The van der Waals surface area contributed by atoms with Gasteiger partial charge in [0.25, 0.3) is 0 Å². The highest BCUT2D eigenvalue weighted by molar-refractivity contribution is 4.90. The Kier molecular flexibility index (Phi) is 4.19. The van der Waals surface area contributed by atoms with Gasteiger partial charge >= 0.3 is 0 Å². The summed E-state index contributed by atoms with van der Waals surface area (Å²) in [6.07, 6.45) is 3.75. The lowest BCUT2D eigenvalue weighted by atomic mass is 9.86. The Labute approximate surface area is 95.2 Å². The molecule has 0 aromatic carbocycles. The summed E-state index contributed by atoms with van der Waals surface area (Å²) >= 11 is 0. The third-order valence-corrected chi connectivity index (χ3v) is 3.68. The maximum absolute atomic E-state index is 3.73. The topological polar surface area (TPSA) is 24.1 Å². The van der Waals surface area contributed by atoms with E-state index in [9.17, 15) is 0 Å². The van der Waals surface area contributed by atoms with Gasteiger partial charge in [-0.25, -0.2) is 0 Å². The van der Waals surface area contributed by atoms with Crippen molar-refractivity contribution < 1.29 is 0 Å². The summed E-state index contributed by atoms with van der Waals surface area (Å²) in [5, 5.41) is 7.29. The van der Waals surface area contributed by atoms with Crippen LogP contribution in [0.15, 0.2) is 0 Å². The van der Waals surface area contributed by atoms with Gasteiger partial charge in [-0.1, -0.05) is 20.8 Å². The zero-order chi connectivity index (χ0) is 11.5. The van der Waals surface area contributed by atoms with Crippen molar-refractivity contribution in [3.05, 3.63) is 0 Å². The minimum atomic E-state index is 0.312. The van der Waals surface area contributed by atoms with E-state index in [1.807, 2.05) is 0 Å². The van der Waals surface area contributed by atoms with Gasteiger partial charge in [-0.15, -0.1) is 0 Å². The molecule has 1 atom stereocenters. The summed E-state index contributed by atoms with van der Waals surface area (Å²) < 4.78 is 0. The fourth-order valence-electron chi connectivity index (χ4n) is 2.09. The van der Waals surface area contributed by atoms with Gasteiger partial charge in [-0.2, -0.15) is 0 Å². The standard InChI is InChI=1S/C13H28N2/c1-6-12(2,3)10-14-11-7-8-15-13(4,5)9-11/h11,14-15H,6-10H2,1-5H3. The maximum Gasteiger partial charge on any atom is 0.0139 e. The van der Waals surface area contributed by atoms with Crippen molar-refractivity contribution in [3.8, 4) is 0 Å². The Morgan fingerprint density at radius 1 is 1.40 bits per heavy atom. The van der Waals surface area contributed by atoms with Gasteiger partial charge in [0.15, 0.2) is 0 Å². The SMILES string of the molecule is CCC(C)(C)CNC1CCNC(C)(C)C1. The minimum absolute atomic E-state index is 0.312. The van der Waals surface area contributed by atoms with Crippen LogP contribution in [0.4, 0.5) is 0 Å². The van der Waals surface area contributed by atoms with Gasteiger partial charge in [0.2, 0.25) is 0 Å². The second-order valence-corrected chi connectivity index (χ2v) is 6.40. The summed E-state index contributed by atoms with van der Waals surface area (Å²) in [4.78, 5) is 0. The van der Waals surface area contributed by atoms with Crippen molar-refractivity contribution in [2.24, 2.45) is 5.41 Å². The second kappa shape index (κ2) is 4.84. The Morgan fingerprint density at radius 2 is 2.07 bits per heavy atom. The molecule has 0 spiro atoms. The lowest BCUT2D eigenvalue weighted by Gasteiger charge is -2.38. The molecule has 2 N–H and O–H groups in total. The molecule has 1 rings (SSSR count). The van der Waals surface area contributed by atoms with Crippen molar-refractivity contribution in [1.82, 2.24) is 10.6 Å². The van der Waals surface area contributed by atoms with Crippen LogP contribution in [0.5, 0.6) is 0 Å². The Bertz CT molecular complexity index is 197. The monoisotopic (exact) mass is 212 g/mol. The van der Waals surface area contributed by atoms with Gasteiger partial charge in [-0.05, 0) is 45.1 Å². The van der Waals surface area contributed by atoms with Crippen LogP contribution in [0.25, 0.3) is 0 Å². The molecule has 0 radical (unpaired) electrons. The first-order valence-electron chi connectivity index (χ1n) is 6.33. The highest BCUT2D eigenvalue weighted by Gasteiger charge is 2.28. The highest BCUT2D eigenvalue weighted by Crippen LogP contribution is 2.21. The molecule has 1 heterocycles. The molecular formula is C13H28N2. The number of nitrogens with one attached hydrogen (secondary N) is 2. The highest BCUT2D eigenvalue weighted by atomic mass is 15.0. The normalized spacial score (nSPS) is 26.6. The van der Waals surface area contributed by atoms with E-state index in [4.69, 9.17) is 0 Å². The van der Waals surface area contributed by atoms with Crippen LogP contribution >= 0.6 is 0 Å². The smallest absolute Gasteiger partial charge is 0.0139 e. The molecule has 0 bridgehead atoms. The van der Waals surface area contributed by atoms with Gasteiger partial charge < -0.3 is 10.6 Å². The first kappa shape index (κ1) is 13.0. The van der Waals surface area contributed by atoms with E-state index in [1.54, 1.807) is 0 Å². The quantitative estimate of drug-likeness (QED) is 0.748. The number of hydrogen-bond acceptors (Lipinski definition) is 2. The zero-order valence-corrected chi connectivity index (χ0v) is 11.1. The molecule has 15 heavy (non-hydrogen) atoms. The molecule has 2 nitrogen and oxygen atoms in total. The summed E-state index contributed by atoms with van der Waals surface area (Å²) in [5.41, 5.74) is 0.751. The summed E-state index contributed by atoms with van der Waals surface area (Å²) in [6, 6.07) is 0.701. The third-order valence-electron chi connectivity index (χ3n) is 3.68. The number of hydrogen-bond donors (Lipinski definition) is 2. The lowest BCUT2D eigenvalue weighted by Crippen LogP contribution is -2.53. The maximum atomic E-state index is 3.73. The molecule has 0 aromatic heterocycles. The largest absolute Gasteiger partial charge is 0.313 e. The van der Waals surface area contributed by atoms with Gasteiger partial charge in [-0.3, -0.25) is 0 Å². The minimum Gasteiger partial charge on any atom is -0.313 e. The summed E-state index contributed by atoms with van der Waals surface area (Å²) in [5.74, 6) is 0. The molecule has 0 aliphatic carbocycles. The predicted octanol–water partition coefficient (Wildman–Crippen LogP) is 2.54. The van der Waals surface area contributed by atoms with Gasteiger partial charge in [0.1, 0.15) is 0 Å². The first-order valence-corrected chi connectivity index (χ1v) is 6.33. The number of rotatable bonds is 4. The molecule has 2 heteroatoms. The van der Waals surface area contributed by atoms with Gasteiger partial charge in [0, 0.05) is 18.1 Å². The van der Waals surface area contributed by atoms with Crippen molar-refractivity contribution in [1.29, 1.82) is 0 Å². The van der Waals surface area contributed by atoms with Crippen LogP contribution in [-0.2, 0) is 0 Å². The van der Waals surface area contributed by atoms with Gasteiger partial charge in [0.05, 0.1) is 0 Å². The van der Waals surface area contributed by atoms with E-state index in [-0.39, 0.29) is 0 Å². The summed E-state index contributed by atoms with van der Waals surface area (Å²) in [7, 11) is 0. The van der Waals surface area contributed by atoms with E-state index in [1.165, 1.54) is 19.3 Å². The molecule has 0 amide bonds. The van der Waals surface area contributed by atoms with Crippen molar-refractivity contribution >= 4 is 0 Å². The fraction of sp³-hybridized carbons (Fsp3) is 1.00. The average Bonchev–Trinajstić information content (AvgIpc) is 2.14. The lowest BCUT2D eigenvalue weighted by molar-refractivity contribution is 0.223. The Balaban J connectivity index is 2.33. The van der Waals surface area contributed by atoms with Crippen molar-refractivity contribution in [2.75, 3.05) is 13.1 Å². The molecular weight excluding hydrogens is 184 g/mol. The van der Waals surface area contributed by atoms with E-state index >= 15 is 0 Å². The van der Waals surface area contributed by atoms with Crippen molar-refractivity contribution in [2.45, 2.75) is 65.5 Å². The molecule has 1 unspecified atom stereocenters. The predicted molar refractivity (Wildman–Crippen MR) is 67.2 cm³/mol.